The van der Waals surface area contributed by atoms with Crippen LogP contribution in [-0.4, -0.2) is 44.7 Å². The maximum absolute atomic E-state index is 12.8. The van der Waals surface area contributed by atoms with E-state index in [0.717, 1.165) is 27.7 Å². The van der Waals surface area contributed by atoms with E-state index in [9.17, 15) is 14.4 Å². The lowest BCUT2D eigenvalue weighted by molar-refractivity contribution is -0.126. The smallest absolute Gasteiger partial charge is 0.417 e. The molecule has 1 fully saturated rings. The Morgan fingerprint density at radius 2 is 1.93 bits per heavy atom. The summed E-state index contributed by atoms with van der Waals surface area (Å²) in [5.74, 6) is -0.760. The third-order valence-corrected chi connectivity index (χ3v) is 4.79. The van der Waals surface area contributed by atoms with Crippen LogP contribution in [0.2, 0.25) is 0 Å². The van der Waals surface area contributed by atoms with E-state index in [-0.39, 0.29) is 19.1 Å². The average molecular weight is 382 g/mol. The molecule has 1 saturated heterocycles. The van der Waals surface area contributed by atoms with Gasteiger partial charge in [0.15, 0.2) is 6.61 Å². The summed E-state index contributed by atoms with van der Waals surface area (Å²) in [6.45, 7) is -0.282. The first-order valence-corrected chi connectivity index (χ1v) is 8.90. The summed E-state index contributed by atoms with van der Waals surface area (Å²) in [5, 5.41) is 2.89. The van der Waals surface area contributed by atoms with Crippen LogP contribution in [0.15, 0.2) is 48.5 Å². The first-order chi connectivity index (χ1) is 13.1. The lowest BCUT2D eigenvalue weighted by atomic mass is 10.1. The molecule has 0 saturated carbocycles. The summed E-state index contributed by atoms with van der Waals surface area (Å²) < 4.78 is 13.0. The zero-order valence-electron chi connectivity index (χ0n) is 14.0. The Kier molecular flexibility index (Phi) is 4.51. The molecule has 0 aliphatic carbocycles. The van der Waals surface area contributed by atoms with Gasteiger partial charge in [0, 0.05) is 5.56 Å². The van der Waals surface area contributed by atoms with Gasteiger partial charge < -0.3 is 10.1 Å². The molecule has 3 aromatic rings. The zero-order valence-corrected chi connectivity index (χ0v) is 14.8. The number of benzene rings is 2. The predicted octanol–water partition coefficient (Wildman–Crippen LogP) is 2.14. The number of rotatable bonds is 5. The summed E-state index contributed by atoms with van der Waals surface area (Å²) in [5.41, 5.74) is 2.56. The molecule has 1 unspecified atom stereocenters. The van der Waals surface area contributed by atoms with Crippen molar-refractivity contribution in [1.82, 2.24) is 19.0 Å². The molecule has 0 radical (unpaired) electrons. The zero-order chi connectivity index (χ0) is 18.8. The molecule has 8 nitrogen and oxygen atoms in total. The van der Waals surface area contributed by atoms with Crippen LogP contribution in [0.25, 0.3) is 11.0 Å². The number of hydrogen-bond acceptors (Lipinski definition) is 7. The number of amides is 3. The van der Waals surface area contributed by atoms with Crippen molar-refractivity contribution in [2.45, 2.75) is 6.04 Å². The number of carbonyl (C=O) groups excluding carboxylic acids is 3. The van der Waals surface area contributed by atoms with Gasteiger partial charge in [-0.15, -0.1) is 0 Å². The summed E-state index contributed by atoms with van der Waals surface area (Å²) >= 11 is 1.08. The second kappa shape index (κ2) is 7.12. The maximum Gasteiger partial charge on any atom is 0.417 e. The van der Waals surface area contributed by atoms with Crippen LogP contribution in [0.4, 0.5) is 4.79 Å². The van der Waals surface area contributed by atoms with Gasteiger partial charge in [0.1, 0.15) is 11.0 Å². The second-order valence-electron chi connectivity index (χ2n) is 5.96. The second-order valence-corrected chi connectivity index (χ2v) is 6.49. The van der Waals surface area contributed by atoms with Gasteiger partial charge in [-0.05, 0) is 23.8 Å². The van der Waals surface area contributed by atoms with Gasteiger partial charge in [0.05, 0.1) is 24.3 Å². The summed E-state index contributed by atoms with van der Waals surface area (Å²) in [6.07, 6.45) is -0.704. The molecule has 1 aliphatic rings. The Bertz CT molecular complexity index is 1000. The summed E-state index contributed by atoms with van der Waals surface area (Å²) in [4.78, 5) is 37.4. The van der Waals surface area contributed by atoms with Crippen LogP contribution in [0.5, 0.6) is 0 Å². The molecule has 9 heteroatoms. The highest BCUT2D eigenvalue weighted by molar-refractivity contribution is 7.00. The van der Waals surface area contributed by atoms with Crippen molar-refractivity contribution in [3.8, 4) is 0 Å². The van der Waals surface area contributed by atoms with E-state index in [4.69, 9.17) is 4.74 Å². The Morgan fingerprint density at radius 3 is 2.67 bits per heavy atom. The van der Waals surface area contributed by atoms with Crippen LogP contribution in [0, 0.1) is 0 Å². The average Bonchev–Trinajstić information content (AvgIpc) is 3.28. The molecular formula is C18H14N4O4S. The number of nitrogens with zero attached hydrogens (tertiary/aromatic N) is 3. The van der Waals surface area contributed by atoms with Gasteiger partial charge in [-0.25, -0.2) is 9.69 Å². The Morgan fingerprint density at radius 1 is 1.15 bits per heavy atom. The fourth-order valence-corrected chi connectivity index (χ4v) is 3.34. The van der Waals surface area contributed by atoms with Gasteiger partial charge in [0.25, 0.3) is 11.8 Å². The van der Waals surface area contributed by atoms with E-state index >= 15 is 0 Å². The minimum Gasteiger partial charge on any atom is -0.439 e. The van der Waals surface area contributed by atoms with Gasteiger partial charge in [-0.2, -0.15) is 8.75 Å². The topological polar surface area (TPSA) is 101 Å². The van der Waals surface area contributed by atoms with E-state index in [0.29, 0.717) is 11.1 Å². The molecule has 1 atom stereocenters. The molecule has 0 spiro atoms. The lowest BCUT2D eigenvalue weighted by Crippen LogP contribution is -2.40. The molecule has 1 N–H and O–H groups in total. The molecule has 136 valence electrons. The predicted molar refractivity (Wildman–Crippen MR) is 97.1 cm³/mol. The van der Waals surface area contributed by atoms with Crippen LogP contribution in [-0.2, 0) is 9.53 Å². The molecule has 0 bridgehead atoms. The fraction of sp³-hybridized carbons (Fsp3) is 0.167. The van der Waals surface area contributed by atoms with Crippen LogP contribution < -0.4 is 5.32 Å². The number of ether oxygens (including phenoxy) is 1. The Labute approximate surface area is 158 Å². The van der Waals surface area contributed by atoms with Crippen molar-refractivity contribution >= 4 is 40.7 Å². The van der Waals surface area contributed by atoms with Gasteiger partial charge in [0.2, 0.25) is 0 Å². The van der Waals surface area contributed by atoms with E-state index < -0.39 is 18.0 Å². The van der Waals surface area contributed by atoms with Crippen LogP contribution in [0.3, 0.4) is 0 Å². The van der Waals surface area contributed by atoms with Crippen molar-refractivity contribution in [3.05, 3.63) is 59.7 Å². The quantitative estimate of drug-likeness (QED) is 0.725. The largest absolute Gasteiger partial charge is 0.439 e. The van der Waals surface area contributed by atoms with Gasteiger partial charge in [-0.3, -0.25) is 9.59 Å². The highest BCUT2D eigenvalue weighted by Gasteiger charge is 2.33. The number of hydrogen-bond donors (Lipinski definition) is 1. The standard InChI is InChI=1S/C18H14N4O4S/c23-16-10-26-18(25)22(16)9-15(11-4-2-1-3-5-11)19-17(24)12-6-7-13-14(8-12)21-27-20-13/h1-8,15H,9-10H2,(H,19,24). The number of aromatic nitrogens is 2. The van der Waals surface area contributed by atoms with Crippen LogP contribution in [0.1, 0.15) is 22.0 Å². The summed E-state index contributed by atoms with van der Waals surface area (Å²) in [7, 11) is 0. The SMILES string of the molecule is O=C(NC(CN1C(=O)COC1=O)c1ccccc1)c1ccc2nsnc2c1. The molecule has 1 aliphatic heterocycles. The minimum absolute atomic E-state index is 0.00603. The Hall–Kier alpha value is -3.33. The number of fused-ring (bicyclic) bond motifs is 1. The Balaban J connectivity index is 1.59. The molecule has 2 heterocycles. The maximum atomic E-state index is 12.8. The van der Waals surface area contributed by atoms with Crippen LogP contribution >= 0.6 is 11.7 Å². The van der Waals surface area contributed by atoms with E-state index in [1.807, 2.05) is 30.3 Å². The van der Waals surface area contributed by atoms with Crippen molar-refractivity contribution in [2.75, 3.05) is 13.2 Å². The first-order valence-electron chi connectivity index (χ1n) is 8.17. The third kappa shape index (κ3) is 3.49. The molecule has 3 amide bonds. The van der Waals surface area contributed by atoms with Crippen molar-refractivity contribution in [3.63, 3.8) is 0 Å². The van der Waals surface area contributed by atoms with Crippen molar-refractivity contribution in [2.24, 2.45) is 0 Å². The number of imide groups is 1. The molecule has 4 rings (SSSR count). The highest BCUT2D eigenvalue weighted by atomic mass is 32.1. The fourth-order valence-electron chi connectivity index (χ4n) is 2.82. The third-order valence-electron chi connectivity index (χ3n) is 4.23. The number of carbonyl (C=O) groups is 3. The van der Waals surface area contributed by atoms with E-state index in [2.05, 4.69) is 14.1 Å². The molecular weight excluding hydrogens is 368 g/mol. The summed E-state index contributed by atoms with van der Waals surface area (Å²) in [6, 6.07) is 13.6. The first kappa shape index (κ1) is 17.1. The van der Waals surface area contributed by atoms with Gasteiger partial charge >= 0.3 is 6.09 Å². The highest BCUT2D eigenvalue weighted by Crippen LogP contribution is 2.19. The molecule has 27 heavy (non-hydrogen) atoms. The van der Waals surface area contributed by atoms with Crippen molar-refractivity contribution < 1.29 is 19.1 Å². The minimum atomic E-state index is -0.704. The lowest BCUT2D eigenvalue weighted by Gasteiger charge is -2.22. The molecule has 2 aromatic carbocycles. The van der Waals surface area contributed by atoms with Crippen molar-refractivity contribution in [1.29, 1.82) is 0 Å². The van der Waals surface area contributed by atoms with Gasteiger partial charge in [-0.1, -0.05) is 30.3 Å². The van der Waals surface area contributed by atoms with E-state index in [1.54, 1.807) is 18.2 Å². The normalized spacial score (nSPS) is 15.0. The van der Waals surface area contributed by atoms with E-state index in [1.165, 1.54) is 0 Å². The number of cyclic esters (lactones) is 1. The molecule has 1 aromatic heterocycles. The number of nitrogens with one attached hydrogen (secondary N) is 1. The monoisotopic (exact) mass is 382 g/mol.